The zero-order chi connectivity index (χ0) is 32.7. The van der Waals surface area contributed by atoms with Crippen molar-refractivity contribution in [2.45, 2.75) is 44.3 Å². The van der Waals surface area contributed by atoms with Crippen LogP contribution in [0.25, 0.3) is 11.1 Å². The topological polar surface area (TPSA) is 107 Å². The number of aliphatic carboxylic acids is 1. The fraction of sp³-hybridized carbons (Fsp3) is 0.286. The van der Waals surface area contributed by atoms with Crippen LogP contribution in [-0.4, -0.2) is 34.8 Å². The normalized spacial score (nSPS) is 14.4. The number of hydrogen-bond acceptors (Lipinski definition) is 5. The molecule has 8 nitrogen and oxygen atoms in total. The van der Waals surface area contributed by atoms with Crippen molar-refractivity contribution < 1.29 is 37.3 Å². The second kappa shape index (κ2) is 14.5. The number of amides is 1. The number of nitrogens with one attached hydrogen (secondary N) is 1. The average molecular weight is 635 g/mol. The minimum Gasteiger partial charge on any atom is -0.480 e. The van der Waals surface area contributed by atoms with Crippen molar-refractivity contribution in [3.8, 4) is 22.6 Å². The van der Waals surface area contributed by atoms with Crippen molar-refractivity contribution in [2.75, 3.05) is 18.5 Å². The number of carbonyl (C=O) groups excluding carboxylic acids is 1. The molecule has 1 fully saturated rings. The Labute approximate surface area is 263 Å². The Morgan fingerprint density at radius 3 is 2.17 bits per heavy atom. The zero-order valence-electron chi connectivity index (χ0n) is 24.8. The Morgan fingerprint density at radius 2 is 1.54 bits per heavy atom. The third-order valence-electron chi connectivity index (χ3n) is 7.91. The van der Waals surface area contributed by atoms with E-state index in [9.17, 15) is 32.7 Å². The molecule has 11 heteroatoms. The molecule has 46 heavy (non-hydrogen) atoms. The number of hydrogen-bond donors (Lipinski definition) is 2. The van der Waals surface area contributed by atoms with Gasteiger partial charge in [-0.25, -0.2) is 4.79 Å². The van der Waals surface area contributed by atoms with Crippen molar-refractivity contribution in [3.63, 3.8) is 0 Å². The first-order valence-electron chi connectivity index (χ1n) is 15.0. The largest absolute Gasteiger partial charge is 0.480 e. The molecule has 1 aliphatic rings. The van der Waals surface area contributed by atoms with Crippen molar-refractivity contribution in [1.82, 2.24) is 4.57 Å². The van der Waals surface area contributed by atoms with Gasteiger partial charge < -0.3 is 19.9 Å². The Morgan fingerprint density at radius 1 is 0.891 bits per heavy atom. The number of benzene rings is 3. The van der Waals surface area contributed by atoms with E-state index in [0.29, 0.717) is 35.2 Å². The molecule has 0 saturated heterocycles. The highest BCUT2D eigenvalue weighted by molar-refractivity contribution is 6.04. The molecule has 3 aromatic carbocycles. The van der Waals surface area contributed by atoms with Crippen molar-refractivity contribution in [1.29, 1.82) is 0 Å². The summed E-state index contributed by atoms with van der Waals surface area (Å²) < 4.78 is 51.8. The van der Waals surface area contributed by atoms with Gasteiger partial charge in [-0.05, 0) is 78.9 Å². The summed E-state index contributed by atoms with van der Waals surface area (Å²) in [6, 6.07) is 19.6. The van der Waals surface area contributed by atoms with E-state index < -0.39 is 35.2 Å². The lowest BCUT2D eigenvalue weighted by Crippen LogP contribution is -2.35. The molecule has 4 aromatic rings. The van der Waals surface area contributed by atoms with Crippen LogP contribution in [0, 0.1) is 5.92 Å². The van der Waals surface area contributed by atoms with E-state index in [1.54, 1.807) is 36.4 Å². The van der Waals surface area contributed by atoms with E-state index in [2.05, 4.69) is 5.32 Å². The highest BCUT2D eigenvalue weighted by Gasteiger charge is 2.30. The molecule has 0 unspecified atom stereocenters. The van der Waals surface area contributed by atoms with Crippen LogP contribution in [0.5, 0.6) is 11.5 Å². The van der Waals surface area contributed by atoms with Crippen LogP contribution in [0.15, 0.2) is 95.9 Å². The number of alkyl halides is 3. The highest BCUT2D eigenvalue weighted by Crippen LogP contribution is 2.30. The highest BCUT2D eigenvalue weighted by atomic mass is 19.4. The summed E-state index contributed by atoms with van der Waals surface area (Å²) >= 11 is 0. The van der Waals surface area contributed by atoms with Crippen LogP contribution >= 0.6 is 0 Å². The van der Waals surface area contributed by atoms with Crippen molar-refractivity contribution >= 4 is 17.6 Å². The first-order chi connectivity index (χ1) is 22.1. The summed E-state index contributed by atoms with van der Waals surface area (Å²) in [5.41, 5.74) is -1.09. The van der Waals surface area contributed by atoms with Gasteiger partial charge in [0, 0.05) is 23.9 Å². The van der Waals surface area contributed by atoms with Crippen LogP contribution in [0.4, 0.5) is 18.9 Å². The molecule has 1 saturated carbocycles. The maximum atomic E-state index is 13.6. The lowest BCUT2D eigenvalue weighted by Gasteiger charge is -2.23. The first kappa shape index (κ1) is 32.5. The van der Waals surface area contributed by atoms with E-state index in [1.165, 1.54) is 12.3 Å². The smallest absolute Gasteiger partial charge is 0.416 e. The number of carboxylic acid groups (broad SMARTS) is 1. The lowest BCUT2D eigenvalue weighted by molar-refractivity contribution is -0.143. The average Bonchev–Trinajstić information content (AvgIpc) is 3.05. The fourth-order valence-corrected chi connectivity index (χ4v) is 5.40. The lowest BCUT2D eigenvalue weighted by atomic mass is 9.90. The van der Waals surface area contributed by atoms with E-state index in [1.807, 2.05) is 18.2 Å². The molecule has 1 amide bonds. The molecule has 1 aliphatic carbocycles. The summed E-state index contributed by atoms with van der Waals surface area (Å²) in [4.78, 5) is 39.1. The number of ether oxygens (including phenoxy) is 2. The molecule has 2 N–H and O–H groups in total. The summed E-state index contributed by atoms with van der Waals surface area (Å²) in [5.74, 6) is -0.634. The minimum absolute atomic E-state index is 0.114. The molecule has 5 rings (SSSR count). The molecule has 1 heterocycles. The number of halogens is 3. The van der Waals surface area contributed by atoms with Crippen LogP contribution in [0.1, 0.15) is 54.1 Å². The van der Waals surface area contributed by atoms with Gasteiger partial charge in [-0.2, -0.15) is 13.2 Å². The zero-order valence-corrected chi connectivity index (χ0v) is 24.8. The Hall–Kier alpha value is -4.90. The molecule has 0 bridgehead atoms. The number of carbonyl (C=O) groups is 2. The van der Waals surface area contributed by atoms with E-state index in [-0.39, 0.29) is 17.9 Å². The number of rotatable bonds is 11. The molecule has 1 aromatic heterocycles. The van der Waals surface area contributed by atoms with E-state index in [0.717, 1.165) is 60.9 Å². The Balaban J connectivity index is 1.45. The van der Waals surface area contributed by atoms with Gasteiger partial charge in [0.25, 0.3) is 11.5 Å². The standard InChI is InChI=1S/C35H33F3N2O6/c36-35(37,38)27-15-11-25(12-16-27)32(41)39-30-19-26(24-13-17-29(18-14-24)46-28-9-5-2-6-10-28)20-40(33(30)42)31(34(43)44)22-45-21-23-7-3-1-4-8-23/h2,5-6,9-20,23,31H,1,3-4,7-8,21-22H2,(H,39,41)(H,43,44)/t31-/m0/s1. The SMILES string of the molecule is O=C(Nc1cc(-c2ccc(Oc3ccccc3)cc2)cn([C@@H](COCC2CCCCC2)C(=O)O)c1=O)c1ccc(C(F)(F)F)cc1. The van der Waals surface area contributed by atoms with Crippen molar-refractivity contribution in [2.24, 2.45) is 5.92 Å². The van der Waals surface area contributed by atoms with Crippen LogP contribution in [-0.2, 0) is 15.7 Å². The van der Waals surface area contributed by atoms with Gasteiger partial charge >= 0.3 is 12.1 Å². The number of aromatic nitrogens is 1. The minimum atomic E-state index is -4.58. The third-order valence-corrected chi connectivity index (χ3v) is 7.91. The number of nitrogens with zero attached hydrogens (tertiary/aromatic N) is 1. The summed E-state index contributed by atoms with van der Waals surface area (Å²) in [6.45, 7) is 0.101. The molecule has 0 radical (unpaired) electrons. The van der Waals surface area contributed by atoms with Gasteiger partial charge in [-0.3, -0.25) is 14.2 Å². The Bertz CT molecular complexity index is 1700. The van der Waals surface area contributed by atoms with Crippen LogP contribution in [0.2, 0.25) is 0 Å². The van der Waals surface area contributed by atoms with Gasteiger partial charge in [0.2, 0.25) is 0 Å². The monoisotopic (exact) mass is 634 g/mol. The third kappa shape index (κ3) is 8.22. The maximum Gasteiger partial charge on any atom is 0.416 e. The number of carboxylic acids is 1. The molecular weight excluding hydrogens is 601 g/mol. The number of para-hydroxylation sites is 1. The summed E-state index contributed by atoms with van der Waals surface area (Å²) in [6.07, 6.45) is 2.16. The van der Waals surface area contributed by atoms with Crippen LogP contribution in [0.3, 0.4) is 0 Å². The van der Waals surface area contributed by atoms with Gasteiger partial charge in [-0.15, -0.1) is 0 Å². The Kier molecular flexibility index (Phi) is 10.2. The number of anilines is 1. The molecule has 0 spiro atoms. The van der Waals surface area contributed by atoms with Gasteiger partial charge in [0.05, 0.1) is 12.2 Å². The van der Waals surface area contributed by atoms with Gasteiger partial charge in [-0.1, -0.05) is 49.6 Å². The molecule has 240 valence electrons. The first-order valence-corrected chi connectivity index (χ1v) is 15.0. The fourth-order valence-electron chi connectivity index (χ4n) is 5.40. The molecule has 1 atom stereocenters. The van der Waals surface area contributed by atoms with E-state index >= 15 is 0 Å². The molecule has 0 aliphatic heterocycles. The van der Waals surface area contributed by atoms with Crippen molar-refractivity contribution in [3.05, 3.63) is 113 Å². The maximum absolute atomic E-state index is 13.6. The summed E-state index contributed by atoms with van der Waals surface area (Å²) in [5, 5.41) is 12.6. The van der Waals surface area contributed by atoms with Gasteiger partial charge in [0.15, 0.2) is 6.04 Å². The second-order valence-electron chi connectivity index (χ2n) is 11.2. The quantitative estimate of drug-likeness (QED) is 0.174. The predicted octanol–water partition coefficient (Wildman–Crippen LogP) is 7.80. The van der Waals surface area contributed by atoms with Crippen LogP contribution < -0.4 is 15.6 Å². The van der Waals surface area contributed by atoms with E-state index in [4.69, 9.17) is 9.47 Å². The number of pyridine rings is 1. The van der Waals surface area contributed by atoms with Gasteiger partial charge in [0.1, 0.15) is 17.2 Å². The predicted molar refractivity (Wildman–Crippen MR) is 166 cm³/mol. The molecular formula is C35H33F3N2O6. The summed E-state index contributed by atoms with van der Waals surface area (Å²) in [7, 11) is 0. The second-order valence-corrected chi connectivity index (χ2v) is 11.2.